The molecule has 3 N–H and O–H groups in total. The summed E-state index contributed by atoms with van der Waals surface area (Å²) in [5, 5.41) is 3.23. The Morgan fingerprint density at radius 2 is 1.80 bits per heavy atom. The molecular formula is C8H20N2. The van der Waals surface area contributed by atoms with Crippen LogP contribution in [0, 0.1) is 5.92 Å². The summed E-state index contributed by atoms with van der Waals surface area (Å²) >= 11 is 0. The van der Waals surface area contributed by atoms with Crippen molar-refractivity contribution in [1.29, 1.82) is 0 Å². The van der Waals surface area contributed by atoms with Gasteiger partial charge in [-0.15, -0.1) is 0 Å². The maximum Gasteiger partial charge on any atom is 0.0517 e. The van der Waals surface area contributed by atoms with Crippen molar-refractivity contribution in [1.82, 2.24) is 5.32 Å². The Balaban J connectivity index is 3.26. The van der Waals surface area contributed by atoms with Crippen LogP contribution in [-0.4, -0.2) is 12.7 Å². The number of hydrogen-bond acceptors (Lipinski definition) is 2. The molecule has 0 aliphatic rings. The minimum atomic E-state index is 0.139. The number of rotatable bonds is 5. The van der Waals surface area contributed by atoms with E-state index in [0.717, 1.165) is 12.5 Å². The zero-order valence-corrected chi connectivity index (χ0v) is 7.35. The quantitative estimate of drug-likeness (QED) is 0.571. The molecule has 0 bridgehead atoms. The van der Waals surface area contributed by atoms with Crippen LogP contribution < -0.4 is 11.1 Å². The van der Waals surface area contributed by atoms with E-state index < -0.39 is 0 Å². The molecule has 0 saturated carbocycles. The molecule has 0 aromatic heterocycles. The van der Waals surface area contributed by atoms with E-state index in [1.54, 1.807) is 0 Å². The molecule has 0 fully saturated rings. The molecule has 1 atom stereocenters. The van der Waals surface area contributed by atoms with E-state index in [1.807, 2.05) is 6.92 Å². The minimum Gasteiger partial charge on any atom is -0.316 e. The van der Waals surface area contributed by atoms with Crippen LogP contribution in [0.25, 0.3) is 0 Å². The summed E-state index contributed by atoms with van der Waals surface area (Å²) in [6.45, 7) is 7.47. The van der Waals surface area contributed by atoms with Crippen molar-refractivity contribution in [2.75, 3.05) is 6.54 Å². The Kier molecular flexibility index (Phi) is 5.64. The highest BCUT2D eigenvalue weighted by Gasteiger charge is 2.02. The average molecular weight is 144 g/mol. The Morgan fingerprint density at radius 3 is 2.10 bits per heavy atom. The van der Waals surface area contributed by atoms with E-state index in [-0.39, 0.29) is 6.17 Å². The summed E-state index contributed by atoms with van der Waals surface area (Å²) in [6.07, 6.45) is 2.63. The molecular weight excluding hydrogens is 124 g/mol. The van der Waals surface area contributed by atoms with Gasteiger partial charge in [-0.2, -0.15) is 0 Å². The molecule has 2 heteroatoms. The van der Waals surface area contributed by atoms with Gasteiger partial charge < -0.3 is 11.1 Å². The van der Waals surface area contributed by atoms with Crippen LogP contribution in [-0.2, 0) is 0 Å². The molecule has 0 aliphatic carbocycles. The van der Waals surface area contributed by atoms with Gasteiger partial charge in [-0.25, -0.2) is 0 Å². The number of nitrogens with two attached hydrogens (primary N) is 1. The van der Waals surface area contributed by atoms with Crippen LogP contribution in [0.4, 0.5) is 0 Å². The fraction of sp³-hybridized carbons (Fsp3) is 1.00. The first-order chi connectivity index (χ1) is 4.70. The van der Waals surface area contributed by atoms with E-state index in [4.69, 9.17) is 5.73 Å². The van der Waals surface area contributed by atoms with E-state index in [9.17, 15) is 0 Å². The predicted octanol–water partition coefficient (Wildman–Crippen LogP) is 1.32. The third kappa shape index (κ3) is 4.77. The molecule has 0 amide bonds. The van der Waals surface area contributed by atoms with Crippen LogP contribution in [0.1, 0.15) is 33.6 Å². The summed E-state index contributed by atoms with van der Waals surface area (Å²) < 4.78 is 0. The first-order valence-electron chi connectivity index (χ1n) is 4.19. The third-order valence-corrected chi connectivity index (χ3v) is 1.88. The van der Waals surface area contributed by atoms with Gasteiger partial charge >= 0.3 is 0 Å². The normalized spacial score (nSPS) is 14.1. The summed E-state index contributed by atoms with van der Waals surface area (Å²) in [5.74, 6) is 0.797. The van der Waals surface area contributed by atoms with Gasteiger partial charge in [0, 0.05) is 0 Å². The molecule has 0 saturated heterocycles. The Bertz CT molecular complexity index is 67.7. The van der Waals surface area contributed by atoms with Gasteiger partial charge in [-0.1, -0.05) is 26.7 Å². The second kappa shape index (κ2) is 5.69. The average Bonchev–Trinajstić information content (AvgIpc) is 1.90. The highest BCUT2D eigenvalue weighted by atomic mass is 15.0. The van der Waals surface area contributed by atoms with E-state index in [0.29, 0.717) is 0 Å². The van der Waals surface area contributed by atoms with Gasteiger partial charge in [0.15, 0.2) is 0 Å². The molecule has 0 rings (SSSR count). The van der Waals surface area contributed by atoms with Crippen molar-refractivity contribution in [3.63, 3.8) is 0 Å². The molecule has 0 heterocycles. The first kappa shape index (κ1) is 9.92. The largest absolute Gasteiger partial charge is 0.316 e. The van der Waals surface area contributed by atoms with Crippen LogP contribution >= 0.6 is 0 Å². The summed E-state index contributed by atoms with van der Waals surface area (Å²) in [4.78, 5) is 0. The maximum atomic E-state index is 5.54. The lowest BCUT2D eigenvalue weighted by molar-refractivity contribution is 0.421. The molecule has 0 radical (unpaired) electrons. The van der Waals surface area contributed by atoms with Crippen molar-refractivity contribution in [2.24, 2.45) is 11.7 Å². The highest BCUT2D eigenvalue weighted by molar-refractivity contribution is 4.59. The van der Waals surface area contributed by atoms with Gasteiger partial charge in [-0.3, -0.25) is 0 Å². The standard InChI is InChI=1S/C8H20N2/c1-4-8(5-2)6-10-7(3)9/h7-8,10H,4-6,9H2,1-3H3. The van der Waals surface area contributed by atoms with E-state index >= 15 is 0 Å². The zero-order chi connectivity index (χ0) is 7.98. The second-order valence-electron chi connectivity index (χ2n) is 2.88. The zero-order valence-electron chi connectivity index (χ0n) is 7.35. The van der Waals surface area contributed by atoms with Crippen LogP contribution in [0.15, 0.2) is 0 Å². The van der Waals surface area contributed by atoms with Crippen molar-refractivity contribution < 1.29 is 0 Å². The van der Waals surface area contributed by atoms with Crippen LogP contribution in [0.3, 0.4) is 0 Å². The Labute approximate surface area is 64.2 Å². The number of hydrogen-bond donors (Lipinski definition) is 2. The molecule has 0 aromatic carbocycles. The lowest BCUT2D eigenvalue weighted by Crippen LogP contribution is -2.37. The molecule has 1 unspecified atom stereocenters. The van der Waals surface area contributed by atoms with Gasteiger partial charge in [0.05, 0.1) is 6.17 Å². The molecule has 62 valence electrons. The van der Waals surface area contributed by atoms with E-state index in [1.165, 1.54) is 12.8 Å². The Hall–Kier alpha value is -0.0800. The lowest BCUT2D eigenvalue weighted by Gasteiger charge is -2.14. The highest BCUT2D eigenvalue weighted by Crippen LogP contribution is 2.04. The predicted molar refractivity (Wildman–Crippen MR) is 45.7 cm³/mol. The Morgan fingerprint density at radius 1 is 1.30 bits per heavy atom. The smallest absolute Gasteiger partial charge is 0.0517 e. The van der Waals surface area contributed by atoms with Crippen LogP contribution in [0.2, 0.25) is 0 Å². The lowest BCUT2D eigenvalue weighted by atomic mass is 10.0. The van der Waals surface area contributed by atoms with Gasteiger partial charge in [0.2, 0.25) is 0 Å². The summed E-state index contributed by atoms with van der Waals surface area (Å²) in [7, 11) is 0. The van der Waals surface area contributed by atoms with Crippen molar-refractivity contribution >= 4 is 0 Å². The molecule has 0 spiro atoms. The van der Waals surface area contributed by atoms with Gasteiger partial charge in [0.1, 0.15) is 0 Å². The van der Waals surface area contributed by atoms with Crippen molar-refractivity contribution in [3.05, 3.63) is 0 Å². The third-order valence-electron chi connectivity index (χ3n) is 1.88. The molecule has 10 heavy (non-hydrogen) atoms. The maximum absolute atomic E-state index is 5.54. The topological polar surface area (TPSA) is 38.0 Å². The molecule has 0 aromatic rings. The first-order valence-corrected chi connectivity index (χ1v) is 4.19. The van der Waals surface area contributed by atoms with Gasteiger partial charge in [0.25, 0.3) is 0 Å². The fourth-order valence-electron chi connectivity index (χ4n) is 0.930. The summed E-state index contributed by atoms with van der Waals surface area (Å²) in [6, 6.07) is 0. The SMILES string of the molecule is CCC(CC)CNC(C)N. The summed E-state index contributed by atoms with van der Waals surface area (Å²) in [5.41, 5.74) is 5.54. The minimum absolute atomic E-state index is 0.139. The van der Waals surface area contributed by atoms with Gasteiger partial charge in [-0.05, 0) is 19.4 Å². The second-order valence-corrected chi connectivity index (χ2v) is 2.88. The molecule has 2 nitrogen and oxygen atoms in total. The van der Waals surface area contributed by atoms with Crippen LogP contribution in [0.5, 0.6) is 0 Å². The monoisotopic (exact) mass is 144 g/mol. The van der Waals surface area contributed by atoms with Crippen molar-refractivity contribution in [2.45, 2.75) is 39.8 Å². The number of nitrogens with one attached hydrogen (secondary N) is 1. The van der Waals surface area contributed by atoms with E-state index in [2.05, 4.69) is 19.2 Å². The molecule has 0 aliphatic heterocycles. The van der Waals surface area contributed by atoms with Crippen molar-refractivity contribution in [3.8, 4) is 0 Å². The fourth-order valence-corrected chi connectivity index (χ4v) is 0.930.